The van der Waals surface area contributed by atoms with Crippen molar-refractivity contribution in [2.45, 2.75) is 31.7 Å². The standard InChI is InChI=1S/C19H19BrN2O7/c1-28-14-7-10(13(20)8-15(14)29-9-16(23)24)6-12-17(25)21-19(27)22(18(12)26)11-4-2-3-5-11/h6-8,11H,2-5,9H2,1H3,(H,23,24)(H,21,25,27)/b12-6+. The summed E-state index contributed by atoms with van der Waals surface area (Å²) in [4.78, 5) is 49.2. The van der Waals surface area contributed by atoms with E-state index in [1.54, 1.807) is 0 Å². The maximum atomic E-state index is 12.9. The molecule has 1 aromatic carbocycles. The van der Waals surface area contributed by atoms with Crippen LogP contribution in [0.4, 0.5) is 4.79 Å². The third-order valence-electron chi connectivity index (χ3n) is 4.76. The van der Waals surface area contributed by atoms with E-state index >= 15 is 0 Å². The van der Waals surface area contributed by atoms with Gasteiger partial charge in [0.25, 0.3) is 11.8 Å². The molecule has 1 saturated heterocycles. The number of carbonyl (C=O) groups excluding carboxylic acids is 3. The molecule has 1 saturated carbocycles. The molecule has 0 unspecified atom stereocenters. The van der Waals surface area contributed by atoms with Crippen LogP contribution in [0.15, 0.2) is 22.2 Å². The molecular formula is C19H19BrN2O7. The van der Waals surface area contributed by atoms with Gasteiger partial charge < -0.3 is 14.6 Å². The number of amides is 4. The van der Waals surface area contributed by atoms with Crippen LogP contribution in [-0.2, 0) is 14.4 Å². The minimum atomic E-state index is -1.14. The van der Waals surface area contributed by atoms with Gasteiger partial charge >= 0.3 is 12.0 Å². The van der Waals surface area contributed by atoms with Crippen LogP contribution in [0.3, 0.4) is 0 Å². The summed E-state index contributed by atoms with van der Waals surface area (Å²) in [6.07, 6.45) is 4.64. The summed E-state index contributed by atoms with van der Waals surface area (Å²) in [5.74, 6) is -2.13. The van der Waals surface area contributed by atoms with Crippen molar-refractivity contribution >= 4 is 45.8 Å². The lowest BCUT2D eigenvalue weighted by Crippen LogP contribution is -2.57. The molecule has 0 bridgehead atoms. The van der Waals surface area contributed by atoms with E-state index < -0.39 is 30.4 Å². The highest BCUT2D eigenvalue weighted by Crippen LogP contribution is 2.35. The number of carboxylic acid groups (broad SMARTS) is 1. The minimum absolute atomic E-state index is 0.168. The van der Waals surface area contributed by atoms with Gasteiger partial charge in [-0.3, -0.25) is 19.8 Å². The van der Waals surface area contributed by atoms with Gasteiger partial charge in [0.1, 0.15) is 5.57 Å². The molecule has 2 fully saturated rings. The highest BCUT2D eigenvalue weighted by atomic mass is 79.9. The lowest BCUT2D eigenvalue weighted by molar-refractivity contribution is -0.139. The minimum Gasteiger partial charge on any atom is -0.493 e. The van der Waals surface area contributed by atoms with Crippen LogP contribution in [-0.4, -0.2) is 53.6 Å². The topological polar surface area (TPSA) is 122 Å². The van der Waals surface area contributed by atoms with Crippen molar-refractivity contribution in [3.8, 4) is 11.5 Å². The van der Waals surface area contributed by atoms with Gasteiger partial charge in [-0.25, -0.2) is 9.59 Å². The molecule has 10 heteroatoms. The Morgan fingerprint density at radius 3 is 2.59 bits per heavy atom. The molecule has 2 aliphatic rings. The fraction of sp³-hybridized carbons (Fsp3) is 0.368. The maximum absolute atomic E-state index is 12.9. The number of nitrogens with one attached hydrogen (secondary N) is 1. The molecule has 0 spiro atoms. The Bertz CT molecular complexity index is 906. The first-order valence-corrected chi connectivity index (χ1v) is 9.73. The molecule has 0 atom stereocenters. The van der Waals surface area contributed by atoms with Crippen LogP contribution in [0.25, 0.3) is 6.08 Å². The Morgan fingerprint density at radius 2 is 1.97 bits per heavy atom. The first-order valence-electron chi connectivity index (χ1n) is 8.94. The SMILES string of the molecule is COc1cc(/C=C2\C(=O)NC(=O)N(C3CCCC3)C2=O)c(Br)cc1OCC(=O)O. The number of hydrogen-bond donors (Lipinski definition) is 2. The maximum Gasteiger partial charge on any atom is 0.341 e. The van der Waals surface area contributed by atoms with Crippen molar-refractivity contribution in [1.29, 1.82) is 0 Å². The molecule has 3 rings (SSSR count). The summed E-state index contributed by atoms with van der Waals surface area (Å²) in [6, 6.07) is 2.08. The molecule has 1 aliphatic heterocycles. The third kappa shape index (κ3) is 4.42. The molecular weight excluding hydrogens is 448 g/mol. The predicted molar refractivity (Wildman–Crippen MR) is 104 cm³/mol. The summed E-state index contributed by atoms with van der Waals surface area (Å²) in [5.41, 5.74) is 0.266. The number of halogens is 1. The number of carbonyl (C=O) groups is 4. The van der Waals surface area contributed by atoms with Crippen LogP contribution in [0.1, 0.15) is 31.2 Å². The Labute approximate surface area is 174 Å². The average Bonchev–Trinajstić information content (AvgIpc) is 3.18. The van der Waals surface area contributed by atoms with Gasteiger partial charge in [0, 0.05) is 10.5 Å². The summed E-state index contributed by atoms with van der Waals surface area (Å²) >= 11 is 3.33. The average molecular weight is 467 g/mol. The predicted octanol–water partition coefficient (Wildman–Crippen LogP) is 2.33. The molecule has 0 aromatic heterocycles. The lowest BCUT2D eigenvalue weighted by Gasteiger charge is -2.31. The third-order valence-corrected chi connectivity index (χ3v) is 5.44. The van der Waals surface area contributed by atoms with E-state index in [4.69, 9.17) is 14.6 Å². The quantitative estimate of drug-likeness (QED) is 0.487. The number of aliphatic carboxylic acids is 1. The van der Waals surface area contributed by atoms with Gasteiger partial charge in [0.05, 0.1) is 7.11 Å². The number of benzene rings is 1. The molecule has 1 heterocycles. The lowest BCUT2D eigenvalue weighted by atomic mass is 10.0. The number of urea groups is 1. The molecule has 9 nitrogen and oxygen atoms in total. The monoisotopic (exact) mass is 466 g/mol. The first-order chi connectivity index (χ1) is 13.8. The fourth-order valence-electron chi connectivity index (χ4n) is 3.39. The van der Waals surface area contributed by atoms with E-state index in [1.165, 1.54) is 25.3 Å². The Morgan fingerprint density at radius 1 is 1.28 bits per heavy atom. The van der Waals surface area contributed by atoms with Crippen molar-refractivity contribution in [2.24, 2.45) is 0 Å². The zero-order valence-electron chi connectivity index (χ0n) is 15.6. The molecule has 154 valence electrons. The van der Waals surface area contributed by atoms with Crippen molar-refractivity contribution in [3.63, 3.8) is 0 Å². The van der Waals surface area contributed by atoms with Crippen molar-refractivity contribution in [2.75, 3.05) is 13.7 Å². The van der Waals surface area contributed by atoms with Crippen LogP contribution in [0, 0.1) is 0 Å². The van der Waals surface area contributed by atoms with E-state index in [1.807, 2.05) is 0 Å². The summed E-state index contributed by atoms with van der Waals surface area (Å²) < 4.78 is 10.9. The summed E-state index contributed by atoms with van der Waals surface area (Å²) in [6.45, 7) is -0.553. The first kappa shape index (κ1) is 20.8. The highest BCUT2D eigenvalue weighted by molar-refractivity contribution is 9.10. The molecule has 29 heavy (non-hydrogen) atoms. The number of methoxy groups -OCH3 is 1. The second kappa shape index (κ2) is 8.64. The number of carboxylic acids is 1. The zero-order valence-corrected chi connectivity index (χ0v) is 17.2. The van der Waals surface area contributed by atoms with E-state index in [2.05, 4.69) is 21.2 Å². The molecule has 1 aromatic rings. The van der Waals surface area contributed by atoms with Crippen molar-refractivity contribution in [3.05, 3.63) is 27.7 Å². The number of hydrogen-bond acceptors (Lipinski definition) is 6. The van der Waals surface area contributed by atoms with E-state index in [0.29, 0.717) is 22.9 Å². The van der Waals surface area contributed by atoms with Crippen molar-refractivity contribution in [1.82, 2.24) is 10.2 Å². The van der Waals surface area contributed by atoms with E-state index in [9.17, 15) is 19.2 Å². The second-order valence-corrected chi connectivity index (χ2v) is 7.49. The smallest absolute Gasteiger partial charge is 0.341 e. The van der Waals surface area contributed by atoms with Gasteiger partial charge in [-0.1, -0.05) is 28.8 Å². The fourth-order valence-corrected chi connectivity index (χ4v) is 3.83. The van der Waals surface area contributed by atoms with E-state index in [0.717, 1.165) is 17.7 Å². The molecule has 4 amide bonds. The van der Waals surface area contributed by atoms with Crippen LogP contribution in [0.5, 0.6) is 11.5 Å². The van der Waals surface area contributed by atoms with E-state index in [-0.39, 0.29) is 23.1 Å². The molecule has 2 N–H and O–H groups in total. The Balaban J connectivity index is 1.94. The normalized spacial score (nSPS) is 18.9. The van der Waals surface area contributed by atoms with Gasteiger partial charge in [0.2, 0.25) is 0 Å². The van der Waals surface area contributed by atoms with Crippen LogP contribution < -0.4 is 14.8 Å². The number of barbiturate groups is 1. The number of nitrogens with zero attached hydrogens (tertiary/aromatic N) is 1. The van der Waals surface area contributed by atoms with Gasteiger partial charge in [-0.05, 0) is 36.6 Å². The number of rotatable bonds is 6. The Kier molecular flexibility index (Phi) is 6.21. The molecule has 0 radical (unpaired) electrons. The number of ether oxygens (including phenoxy) is 2. The van der Waals surface area contributed by atoms with Gasteiger partial charge in [-0.2, -0.15) is 0 Å². The van der Waals surface area contributed by atoms with Crippen LogP contribution >= 0.6 is 15.9 Å². The number of imide groups is 2. The molecule has 1 aliphatic carbocycles. The Hall–Kier alpha value is -2.88. The zero-order chi connectivity index (χ0) is 21.1. The van der Waals surface area contributed by atoms with Crippen molar-refractivity contribution < 1.29 is 33.8 Å². The highest BCUT2D eigenvalue weighted by Gasteiger charge is 2.40. The summed E-state index contributed by atoms with van der Waals surface area (Å²) in [5, 5.41) is 11.0. The summed E-state index contributed by atoms with van der Waals surface area (Å²) in [7, 11) is 1.38. The van der Waals surface area contributed by atoms with Crippen LogP contribution in [0.2, 0.25) is 0 Å². The second-order valence-electron chi connectivity index (χ2n) is 6.64. The van der Waals surface area contributed by atoms with Gasteiger partial charge in [-0.15, -0.1) is 0 Å². The largest absolute Gasteiger partial charge is 0.493 e. The van der Waals surface area contributed by atoms with Gasteiger partial charge in [0.15, 0.2) is 18.1 Å².